The van der Waals surface area contributed by atoms with Gasteiger partial charge >= 0.3 is 0 Å². The van der Waals surface area contributed by atoms with Gasteiger partial charge in [0.1, 0.15) is 0 Å². The number of carbonyl (C=O) groups excluding carboxylic acids is 3. The molecule has 2 fully saturated rings. The van der Waals surface area contributed by atoms with Crippen LogP contribution in [0.2, 0.25) is 0 Å². The van der Waals surface area contributed by atoms with E-state index in [1.54, 1.807) is 0 Å². The van der Waals surface area contributed by atoms with Crippen LogP contribution in [0.25, 0.3) is 0 Å². The van der Waals surface area contributed by atoms with Crippen LogP contribution < -0.4 is 10.6 Å². The van der Waals surface area contributed by atoms with Gasteiger partial charge in [0.15, 0.2) is 0 Å². The molecule has 6 nitrogen and oxygen atoms in total. The zero-order valence-electron chi connectivity index (χ0n) is 14.1. The second-order valence-corrected chi connectivity index (χ2v) is 6.85. The predicted octanol–water partition coefficient (Wildman–Crippen LogP) is 1.13. The van der Waals surface area contributed by atoms with Crippen LogP contribution in [-0.4, -0.2) is 41.8 Å². The van der Waals surface area contributed by atoms with Crippen molar-refractivity contribution in [2.24, 2.45) is 11.7 Å². The number of benzene rings is 1. The van der Waals surface area contributed by atoms with Crippen molar-refractivity contribution in [1.82, 2.24) is 4.90 Å². The van der Waals surface area contributed by atoms with E-state index in [-0.39, 0.29) is 30.1 Å². The van der Waals surface area contributed by atoms with Crippen molar-refractivity contribution in [3.63, 3.8) is 0 Å². The molecule has 6 heteroatoms. The van der Waals surface area contributed by atoms with Crippen LogP contribution >= 0.6 is 0 Å². The van der Waals surface area contributed by atoms with E-state index >= 15 is 0 Å². The Bertz CT molecular complexity index is 672. The summed E-state index contributed by atoms with van der Waals surface area (Å²) in [6, 6.07) is 5.32. The maximum Gasteiger partial charge on any atom is 0.251 e. The molecule has 128 valence electrons. The number of nitrogens with zero attached hydrogens (tertiary/aromatic N) is 2. The normalized spacial score (nSPS) is 23.1. The smallest absolute Gasteiger partial charge is 0.251 e. The van der Waals surface area contributed by atoms with Crippen LogP contribution in [0.1, 0.15) is 30.4 Å². The molecule has 0 unspecified atom stereocenters. The van der Waals surface area contributed by atoms with Crippen LogP contribution in [0.5, 0.6) is 0 Å². The molecule has 2 N–H and O–H groups in total. The van der Waals surface area contributed by atoms with Gasteiger partial charge in [-0.3, -0.25) is 19.3 Å². The van der Waals surface area contributed by atoms with E-state index in [0.717, 1.165) is 11.1 Å². The van der Waals surface area contributed by atoms with Gasteiger partial charge in [-0.15, -0.1) is 0 Å². The molecule has 0 bridgehead atoms. The van der Waals surface area contributed by atoms with Gasteiger partial charge in [0, 0.05) is 5.92 Å². The fourth-order valence-electron chi connectivity index (χ4n) is 3.75. The molecule has 0 radical (unpaired) electrons. The summed E-state index contributed by atoms with van der Waals surface area (Å²) in [4.78, 5) is 39.9. The summed E-state index contributed by atoms with van der Waals surface area (Å²) in [5.74, 6) is -0.723. The van der Waals surface area contributed by atoms with E-state index in [9.17, 15) is 14.4 Å². The topological polar surface area (TPSA) is 83.7 Å². The SMILES string of the molecule is Cc1cc(C)cc(N2C(=O)C[C@@H](N3CCC(C(N)=O)CC3)C2=O)c1. The fourth-order valence-corrected chi connectivity index (χ4v) is 3.75. The molecule has 2 aliphatic rings. The first-order valence-electron chi connectivity index (χ1n) is 8.35. The Morgan fingerprint density at radius 1 is 1.08 bits per heavy atom. The van der Waals surface area contributed by atoms with Gasteiger partial charge in [-0.05, 0) is 63.0 Å². The molecule has 0 saturated carbocycles. The number of piperidine rings is 1. The molecule has 1 atom stereocenters. The summed E-state index contributed by atoms with van der Waals surface area (Å²) in [7, 11) is 0. The van der Waals surface area contributed by atoms with E-state index in [4.69, 9.17) is 5.73 Å². The predicted molar refractivity (Wildman–Crippen MR) is 90.3 cm³/mol. The van der Waals surface area contributed by atoms with Crippen molar-refractivity contribution in [2.75, 3.05) is 18.0 Å². The Morgan fingerprint density at radius 2 is 1.67 bits per heavy atom. The number of rotatable bonds is 3. The Balaban J connectivity index is 1.76. The van der Waals surface area contributed by atoms with Gasteiger partial charge < -0.3 is 5.73 Å². The first kappa shape index (κ1) is 16.6. The third-order valence-electron chi connectivity index (χ3n) is 4.96. The number of hydrogen-bond acceptors (Lipinski definition) is 4. The molecule has 3 rings (SSSR count). The van der Waals surface area contributed by atoms with Crippen LogP contribution in [-0.2, 0) is 14.4 Å². The summed E-state index contributed by atoms with van der Waals surface area (Å²) in [5, 5.41) is 0. The number of primary amides is 1. The fraction of sp³-hybridized carbons (Fsp3) is 0.500. The molecule has 0 spiro atoms. The number of carbonyl (C=O) groups is 3. The van der Waals surface area contributed by atoms with Gasteiger partial charge in [-0.2, -0.15) is 0 Å². The van der Waals surface area contributed by atoms with Crippen molar-refractivity contribution in [1.29, 1.82) is 0 Å². The van der Waals surface area contributed by atoms with Gasteiger partial charge in [0.25, 0.3) is 5.91 Å². The highest BCUT2D eigenvalue weighted by molar-refractivity contribution is 6.22. The van der Waals surface area contributed by atoms with Gasteiger partial charge in [-0.25, -0.2) is 4.90 Å². The number of hydrogen-bond donors (Lipinski definition) is 1. The molecule has 2 saturated heterocycles. The third kappa shape index (κ3) is 3.06. The van der Waals surface area contributed by atoms with Crippen molar-refractivity contribution in [3.8, 4) is 0 Å². The van der Waals surface area contributed by atoms with Crippen molar-refractivity contribution in [3.05, 3.63) is 29.3 Å². The average molecular weight is 329 g/mol. The molecule has 24 heavy (non-hydrogen) atoms. The van der Waals surface area contributed by atoms with Crippen molar-refractivity contribution in [2.45, 2.75) is 39.2 Å². The van der Waals surface area contributed by atoms with E-state index in [1.165, 1.54) is 4.90 Å². The highest BCUT2D eigenvalue weighted by atomic mass is 16.2. The Kier molecular flexibility index (Phi) is 4.41. The number of aryl methyl sites for hydroxylation is 2. The van der Waals surface area contributed by atoms with Crippen LogP contribution in [0.15, 0.2) is 18.2 Å². The lowest BCUT2D eigenvalue weighted by molar-refractivity contribution is -0.124. The molecule has 1 aromatic carbocycles. The molecule has 2 heterocycles. The number of imide groups is 1. The lowest BCUT2D eigenvalue weighted by Crippen LogP contribution is -2.47. The summed E-state index contributed by atoms with van der Waals surface area (Å²) in [6.45, 7) is 5.15. The molecule has 1 aromatic rings. The largest absolute Gasteiger partial charge is 0.369 e. The molecular weight excluding hydrogens is 306 g/mol. The van der Waals surface area contributed by atoms with Crippen LogP contribution in [0, 0.1) is 19.8 Å². The minimum absolute atomic E-state index is 0.121. The summed E-state index contributed by atoms with van der Waals surface area (Å²) >= 11 is 0. The van der Waals surface area contributed by atoms with Crippen LogP contribution in [0.3, 0.4) is 0 Å². The average Bonchev–Trinajstić information content (AvgIpc) is 2.81. The Labute approximate surface area is 141 Å². The third-order valence-corrected chi connectivity index (χ3v) is 4.96. The monoisotopic (exact) mass is 329 g/mol. The summed E-state index contributed by atoms with van der Waals surface area (Å²) in [5.41, 5.74) is 8.05. The highest BCUT2D eigenvalue weighted by Gasteiger charge is 2.43. The number of likely N-dealkylation sites (tertiary alicyclic amines) is 1. The number of anilines is 1. The maximum absolute atomic E-state index is 12.8. The Morgan fingerprint density at radius 3 is 2.21 bits per heavy atom. The van der Waals surface area contributed by atoms with Gasteiger partial charge in [-0.1, -0.05) is 6.07 Å². The Hall–Kier alpha value is -2.21. The van der Waals surface area contributed by atoms with Crippen LogP contribution in [0.4, 0.5) is 5.69 Å². The second kappa shape index (κ2) is 6.36. The lowest BCUT2D eigenvalue weighted by Gasteiger charge is -2.33. The zero-order valence-corrected chi connectivity index (χ0v) is 14.1. The van der Waals surface area contributed by atoms with E-state index in [1.807, 2.05) is 36.9 Å². The molecular formula is C18H23N3O3. The molecule has 0 aromatic heterocycles. The zero-order chi connectivity index (χ0) is 17.4. The van der Waals surface area contributed by atoms with E-state index in [0.29, 0.717) is 31.6 Å². The maximum atomic E-state index is 12.8. The van der Waals surface area contributed by atoms with Crippen molar-refractivity contribution >= 4 is 23.4 Å². The number of amides is 3. The standard InChI is InChI=1S/C18H23N3O3/c1-11-7-12(2)9-14(8-11)21-16(22)10-15(18(21)24)20-5-3-13(4-6-20)17(19)23/h7-9,13,15H,3-6,10H2,1-2H3,(H2,19,23)/t15-/m1/s1. The molecule has 0 aliphatic carbocycles. The molecule has 2 aliphatic heterocycles. The van der Waals surface area contributed by atoms with E-state index < -0.39 is 6.04 Å². The van der Waals surface area contributed by atoms with Gasteiger partial charge in [0.2, 0.25) is 11.8 Å². The highest BCUT2D eigenvalue weighted by Crippen LogP contribution is 2.29. The minimum Gasteiger partial charge on any atom is -0.369 e. The quantitative estimate of drug-likeness (QED) is 0.843. The lowest BCUT2D eigenvalue weighted by atomic mass is 9.95. The first-order chi connectivity index (χ1) is 11.4. The number of nitrogens with two attached hydrogens (primary N) is 1. The second-order valence-electron chi connectivity index (χ2n) is 6.85. The minimum atomic E-state index is -0.424. The summed E-state index contributed by atoms with van der Waals surface area (Å²) < 4.78 is 0. The van der Waals surface area contributed by atoms with Crippen molar-refractivity contribution < 1.29 is 14.4 Å². The summed E-state index contributed by atoms with van der Waals surface area (Å²) in [6.07, 6.45) is 1.50. The first-order valence-corrected chi connectivity index (χ1v) is 8.35. The van der Waals surface area contributed by atoms with Gasteiger partial charge in [0.05, 0.1) is 18.2 Å². The molecule has 3 amide bonds. The van der Waals surface area contributed by atoms with E-state index in [2.05, 4.69) is 0 Å².